The fourth-order valence-electron chi connectivity index (χ4n) is 7.54. The molecule has 4 aromatic carbocycles. The zero-order valence-corrected chi connectivity index (χ0v) is 24.2. The fourth-order valence-corrected chi connectivity index (χ4v) is 7.54. The van der Waals surface area contributed by atoms with E-state index in [2.05, 4.69) is 0 Å². The van der Waals surface area contributed by atoms with Gasteiger partial charge < -0.3 is 9.47 Å². The summed E-state index contributed by atoms with van der Waals surface area (Å²) in [6.07, 6.45) is -2.37. The van der Waals surface area contributed by atoms with Crippen molar-refractivity contribution in [3.63, 3.8) is 0 Å². The molecular weight excluding hydrogens is 572 g/mol. The monoisotopic (exact) mass is 602 g/mol. The van der Waals surface area contributed by atoms with Crippen molar-refractivity contribution in [1.82, 2.24) is 0 Å². The number of esters is 2. The third-order valence-electron chi connectivity index (χ3n) is 8.98. The van der Waals surface area contributed by atoms with Gasteiger partial charge in [-0.15, -0.1) is 0 Å². The molecule has 0 heterocycles. The molecule has 0 fully saturated rings. The minimum absolute atomic E-state index is 0.285. The molecule has 0 spiro atoms. The van der Waals surface area contributed by atoms with Gasteiger partial charge in [-0.2, -0.15) is 17.6 Å². The van der Waals surface area contributed by atoms with Crippen LogP contribution in [0.15, 0.2) is 97.1 Å². The maximum absolute atomic E-state index is 16.4. The van der Waals surface area contributed by atoms with Gasteiger partial charge in [0.1, 0.15) is 0 Å². The summed E-state index contributed by atoms with van der Waals surface area (Å²) in [7, 11) is 0. The Balaban J connectivity index is 1.80. The minimum atomic E-state index is -4.10. The third kappa shape index (κ3) is 4.10. The molecule has 44 heavy (non-hydrogen) atoms. The molecule has 0 bridgehead atoms. The molecule has 4 nitrogen and oxygen atoms in total. The highest BCUT2D eigenvalue weighted by Gasteiger charge is 2.69. The SMILES string of the molecule is CCOC(=O)C(F)(F)CC1(C2(CC(F)(F)C(=O)OCC)c3ccccc3-c3ccccc32)c2ccccc2-c2ccccc21. The Kier molecular flexibility index (Phi) is 7.14. The normalized spacial score (nSPS) is 15.5. The van der Waals surface area contributed by atoms with Crippen molar-refractivity contribution < 1.29 is 36.6 Å². The Hall–Kier alpha value is -4.46. The predicted octanol–water partition coefficient (Wildman–Crippen LogP) is 8.10. The number of hydrogen-bond donors (Lipinski definition) is 0. The van der Waals surface area contributed by atoms with Crippen molar-refractivity contribution in [2.24, 2.45) is 0 Å². The molecular formula is C36H30F4O4. The van der Waals surface area contributed by atoms with Gasteiger partial charge in [-0.3, -0.25) is 0 Å². The van der Waals surface area contributed by atoms with E-state index < -0.39 is 47.5 Å². The van der Waals surface area contributed by atoms with Crippen molar-refractivity contribution in [1.29, 1.82) is 0 Å². The smallest absolute Gasteiger partial charge is 0.377 e. The molecule has 0 aliphatic heterocycles. The average Bonchev–Trinajstić information content (AvgIpc) is 3.46. The largest absolute Gasteiger partial charge is 0.462 e. The molecule has 0 aromatic heterocycles. The number of benzene rings is 4. The van der Waals surface area contributed by atoms with E-state index in [1.54, 1.807) is 97.1 Å². The lowest BCUT2D eigenvalue weighted by molar-refractivity contribution is -0.179. The van der Waals surface area contributed by atoms with Crippen LogP contribution in [0.1, 0.15) is 48.9 Å². The van der Waals surface area contributed by atoms with Gasteiger partial charge in [-0.25, -0.2) is 9.59 Å². The lowest BCUT2D eigenvalue weighted by atomic mass is 9.50. The highest BCUT2D eigenvalue weighted by Crippen LogP contribution is 2.69. The Labute approximate surface area is 252 Å². The summed E-state index contributed by atoms with van der Waals surface area (Å²) >= 11 is 0. The third-order valence-corrected chi connectivity index (χ3v) is 8.98. The molecule has 2 aliphatic carbocycles. The summed E-state index contributed by atoms with van der Waals surface area (Å²) < 4.78 is 75.4. The lowest BCUT2D eigenvalue weighted by Gasteiger charge is -2.51. The molecule has 0 amide bonds. The van der Waals surface area contributed by atoms with Crippen LogP contribution in [0.4, 0.5) is 17.6 Å². The zero-order valence-electron chi connectivity index (χ0n) is 24.2. The molecule has 6 rings (SSSR count). The number of carbonyl (C=O) groups excluding carboxylic acids is 2. The number of hydrogen-bond acceptors (Lipinski definition) is 4. The molecule has 0 saturated heterocycles. The van der Waals surface area contributed by atoms with Gasteiger partial charge in [0.05, 0.1) is 13.2 Å². The molecule has 0 atom stereocenters. The molecule has 226 valence electrons. The van der Waals surface area contributed by atoms with Crippen LogP contribution >= 0.6 is 0 Å². The van der Waals surface area contributed by atoms with Crippen LogP contribution in [0.3, 0.4) is 0 Å². The van der Waals surface area contributed by atoms with Crippen LogP contribution in [0, 0.1) is 0 Å². The van der Waals surface area contributed by atoms with E-state index in [0.717, 1.165) is 0 Å². The van der Waals surface area contributed by atoms with E-state index in [0.29, 0.717) is 44.5 Å². The van der Waals surface area contributed by atoms with Crippen molar-refractivity contribution >= 4 is 11.9 Å². The maximum Gasteiger partial charge on any atom is 0.377 e. The molecule has 0 unspecified atom stereocenters. The summed E-state index contributed by atoms with van der Waals surface area (Å²) in [4.78, 5) is 25.8. The molecule has 4 aromatic rings. The Morgan fingerprint density at radius 2 is 0.773 bits per heavy atom. The quantitative estimate of drug-likeness (QED) is 0.144. The standard InChI is InChI=1S/C36H30F4O4/c1-3-43-31(41)35(37,38)21-33(27-17-9-5-13-23(27)24-14-6-10-18-28(24)33)34(22-36(39,40)32(42)44-4-2)29-19-11-7-15-25(29)26-16-8-12-20-30(26)34/h5-20H,3-4,21-22H2,1-2H3. The van der Waals surface area contributed by atoms with E-state index in [-0.39, 0.29) is 13.2 Å². The summed E-state index contributed by atoms with van der Waals surface area (Å²) in [6, 6.07) is 27.4. The van der Waals surface area contributed by atoms with Crippen LogP contribution in [-0.2, 0) is 29.9 Å². The second kappa shape index (κ2) is 10.6. The average molecular weight is 603 g/mol. The van der Waals surface area contributed by atoms with E-state index in [4.69, 9.17) is 9.47 Å². The van der Waals surface area contributed by atoms with E-state index >= 15 is 17.6 Å². The predicted molar refractivity (Wildman–Crippen MR) is 158 cm³/mol. The van der Waals surface area contributed by atoms with Crippen molar-refractivity contribution in [3.05, 3.63) is 119 Å². The number of rotatable bonds is 9. The van der Waals surface area contributed by atoms with Crippen molar-refractivity contribution in [2.75, 3.05) is 13.2 Å². The van der Waals surface area contributed by atoms with Gasteiger partial charge in [0, 0.05) is 23.7 Å². The number of alkyl halides is 4. The summed E-state index contributed by atoms with van der Waals surface area (Å²) in [5.74, 6) is -11.7. The Bertz CT molecular complexity index is 1540. The topological polar surface area (TPSA) is 52.6 Å². The van der Waals surface area contributed by atoms with Gasteiger partial charge in [-0.1, -0.05) is 97.1 Å². The van der Waals surface area contributed by atoms with E-state index in [9.17, 15) is 9.59 Å². The minimum Gasteiger partial charge on any atom is -0.462 e. The van der Waals surface area contributed by atoms with E-state index in [1.165, 1.54) is 13.8 Å². The Morgan fingerprint density at radius 1 is 0.523 bits per heavy atom. The molecule has 0 N–H and O–H groups in total. The van der Waals surface area contributed by atoms with Gasteiger partial charge in [-0.05, 0) is 58.4 Å². The van der Waals surface area contributed by atoms with Crippen LogP contribution < -0.4 is 0 Å². The molecule has 2 aliphatic rings. The molecule has 8 heteroatoms. The zero-order chi connectivity index (χ0) is 31.3. The van der Waals surface area contributed by atoms with Crippen LogP contribution in [0.25, 0.3) is 22.3 Å². The van der Waals surface area contributed by atoms with Gasteiger partial charge in [0.15, 0.2) is 0 Å². The summed E-state index contributed by atoms with van der Waals surface area (Å²) in [5, 5.41) is 0. The Morgan fingerprint density at radius 3 is 1.02 bits per heavy atom. The lowest BCUT2D eigenvalue weighted by Crippen LogP contribution is -2.56. The van der Waals surface area contributed by atoms with Crippen molar-refractivity contribution in [2.45, 2.75) is 49.4 Å². The number of halogens is 4. The van der Waals surface area contributed by atoms with E-state index in [1.807, 2.05) is 0 Å². The highest BCUT2D eigenvalue weighted by atomic mass is 19.3. The first-order chi connectivity index (χ1) is 21.0. The first-order valence-electron chi connectivity index (χ1n) is 14.5. The molecule has 0 saturated carbocycles. The van der Waals surface area contributed by atoms with Crippen LogP contribution in [0.2, 0.25) is 0 Å². The maximum atomic E-state index is 16.4. The second-order valence-electron chi connectivity index (χ2n) is 11.2. The first-order valence-corrected chi connectivity index (χ1v) is 14.5. The second-order valence-corrected chi connectivity index (χ2v) is 11.2. The summed E-state index contributed by atoms with van der Waals surface area (Å²) in [5.41, 5.74) is -0.149. The van der Waals surface area contributed by atoms with Crippen molar-refractivity contribution in [3.8, 4) is 22.3 Å². The summed E-state index contributed by atoms with van der Waals surface area (Å²) in [6.45, 7) is 2.28. The fraction of sp³-hybridized carbons (Fsp3) is 0.278. The number of ether oxygens (including phenoxy) is 2. The first kappa shape index (κ1) is 29.6. The number of fused-ring (bicyclic) bond motifs is 6. The van der Waals surface area contributed by atoms with Crippen LogP contribution in [-0.4, -0.2) is 37.0 Å². The molecule has 0 radical (unpaired) electrons. The highest BCUT2D eigenvalue weighted by molar-refractivity contribution is 5.91. The van der Waals surface area contributed by atoms with Gasteiger partial charge in [0.25, 0.3) is 0 Å². The van der Waals surface area contributed by atoms with Gasteiger partial charge >= 0.3 is 23.8 Å². The number of carbonyl (C=O) groups is 2. The van der Waals surface area contributed by atoms with Gasteiger partial charge in [0.2, 0.25) is 0 Å². The van der Waals surface area contributed by atoms with Crippen LogP contribution in [0.5, 0.6) is 0 Å².